The molecule has 2 rings (SSSR count). The highest BCUT2D eigenvalue weighted by Crippen LogP contribution is 2.29. The largest absolute Gasteiger partial charge is 0.387 e. The minimum absolute atomic E-state index is 0.393. The molecule has 1 aromatic carbocycles. The van der Waals surface area contributed by atoms with Crippen LogP contribution in [0.25, 0.3) is 5.57 Å². The third kappa shape index (κ3) is 2.65. The number of aliphatic hydroxyl groups is 1. The van der Waals surface area contributed by atoms with Crippen molar-refractivity contribution in [2.45, 2.75) is 19.4 Å². The number of piperidine rings is 1. The molecule has 17 heavy (non-hydrogen) atoms. The Labute approximate surface area is 103 Å². The number of nitrogens with one attached hydrogen (secondary N) is 1. The van der Waals surface area contributed by atoms with Gasteiger partial charge in [0, 0.05) is 6.54 Å². The van der Waals surface area contributed by atoms with Gasteiger partial charge in [0.15, 0.2) is 0 Å². The molecule has 0 amide bonds. The van der Waals surface area contributed by atoms with Crippen LogP contribution in [0.15, 0.2) is 48.1 Å². The number of rotatable bonds is 2. The van der Waals surface area contributed by atoms with E-state index in [9.17, 15) is 5.11 Å². The van der Waals surface area contributed by atoms with Gasteiger partial charge in [0.2, 0.25) is 0 Å². The van der Waals surface area contributed by atoms with E-state index < -0.39 is 6.10 Å². The van der Waals surface area contributed by atoms with Gasteiger partial charge >= 0.3 is 0 Å². The lowest BCUT2D eigenvalue weighted by atomic mass is 9.88. The highest BCUT2D eigenvalue weighted by atomic mass is 16.3. The van der Waals surface area contributed by atoms with Crippen LogP contribution in [0.1, 0.15) is 18.9 Å². The molecule has 1 aliphatic heterocycles. The van der Waals surface area contributed by atoms with Gasteiger partial charge in [-0.1, -0.05) is 42.5 Å². The number of hydrogen-bond donors (Lipinski definition) is 2. The lowest BCUT2D eigenvalue weighted by molar-refractivity contribution is 0.191. The highest BCUT2D eigenvalue weighted by Gasteiger charge is 2.20. The van der Waals surface area contributed by atoms with Crippen LogP contribution < -0.4 is 5.32 Å². The average Bonchev–Trinajstić information content (AvgIpc) is 2.33. The van der Waals surface area contributed by atoms with E-state index in [-0.39, 0.29) is 0 Å². The number of benzene rings is 1. The summed E-state index contributed by atoms with van der Waals surface area (Å²) >= 11 is 0. The molecular weight excluding hydrogens is 210 g/mol. The van der Waals surface area contributed by atoms with E-state index in [2.05, 4.69) is 24.0 Å². The van der Waals surface area contributed by atoms with E-state index >= 15 is 0 Å². The van der Waals surface area contributed by atoms with Gasteiger partial charge in [-0.2, -0.15) is 0 Å². The summed E-state index contributed by atoms with van der Waals surface area (Å²) in [5.74, 6) is 0. The van der Waals surface area contributed by atoms with E-state index in [1.54, 1.807) is 0 Å². The van der Waals surface area contributed by atoms with Crippen molar-refractivity contribution < 1.29 is 5.11 Å². The first-order chi connectivity index (χ1) is 8.20. The Morgan fingerprint density at radius 3 is 2.65 bits per heavy atom. The van der Waals surface area contributed by atoms with Crippen molar-refractivity contribution in [3.05, 3.63) is 53.6 Å². The standard InChI is InChI=1S/C15H19NO/c1-11(2)15(12-6-4-3-5-7-12)13-8-9-16-10-14(13)17/h3-7,14,16-17H,1,8-10H2,2H3/b15-13-. The van der Waals surface area contributed by atoms with Crippen LogP contribution in [-0.2, 0) is 0 Å². The molecule has 0 saturated carbocycles. The van der Waals surface area contributed by atoms with Gasteiger partial charge in [-0.05, 0) is 36.6 Å². The molecule has 0 aromatic heterocycles. The van der Waals surface area contributed by atoms with Crippen LogP contribution in [0.4, 0.5) is 0 Å². The zero-order valence-electron chi connectivity index (χ0n) is 10.2. The van der Waals surface area contributed by atoms with Crippen LogP contribution in [0, 0.1) is 0 Å². The molecule has 2 nitrogen and oxygen atoms in total. The van der Waals surface area contributed by atoms with Crippen LogP contribution in [0.5, 0.6) is 0 Å². The molecular formula is C15H19NO. The maximum absolute atomic E-state index is 10.1. The monoisotopic (exact) mass is 229 g/mol. The van der Waals surface area contributed by atoms with Crippen molar-refractivity contribution in [2.24, 2.45) is 0 Å². The van der Waals surface area contributed by atoms with Gasteiger partial charge < -0.3 is 10.4 Å². The third-order valence-electron chi connectivity index (χ3n) is 3.12. The van der Waals surface area contributed by atoms with Crippen LogP contribution >= 0.6 is 0 Å². The smallest absolute Gasteiger partial charge is 0.0884 e. The van der Waals surface area contributed by atoms with E-state index in [1.807, 2.05) is 25.1 Å². The second kappa shape index (κ2) is 5.30. The van der Waals surface area contributed by atoms with Crippen LogP contribution in [0.3, 0.4) is 0 Å². The quantitative estimate of drug-likeness (QED) is 0.816. The van der Waals surface area contributed by atoms with Gasteiger partial charge in [0.1, 0.15) is 0 Å². The lowest BCUT2D eigenvalue weighted by Crippen LogP contribution is -2.36. The summed E-state index contributed by atoms with van der Waals surface area (Å²) in [6.45, 7) is 7.62. The van der Waals surface area contributed by atoms with Gasteiger partial charge in [-0.3, -0.25) is 0 Å². The molecule has 90 valence electrons. The molecule has 0 radical (unpaired) electrons. The molecule has 1 atom stereocenters. The second-order valence-corrected chi connectivity index (χ2v) is 4.52. The van der Waals surface area contributed by atoms with E-state index in [0.717, 1.165) is 35.2 Å². The minimum Gasteiger partial charge on any atom is -0.387 e. The Kier molecular flexibility index (Phi) is 3.77. The summed E-state index contributed by atoms with van der Waals surface area (Å²) in [6, 6.07) is 10.2. The molecule has 1 unspecified atom stereocenters. The summed E-state index contributed by atoms with van der Waals surface area (Å²) in [7, 11) is 0. The third-order valence-corrected chi connectivity index (χ3v) is 3.12. The van der Waals surface area contributed by atoms with Gasteiger partial charge in [0.05, 0.1) is 6.10 Å². The second-order valence-electron chi connectivity index (χ2n) is 4.52. The summed E-state index contributed by atoms with van der Waals surface area (Å²) in [5.41, 5.74) is 4.41. The van der Waals surface area contributed by atoms with Crippen LogP contribution in [-0.4, -0.2) is 24.3 Å². The topological polar surface area (TPSA) is 32.3 Å². The fraction of sp³-hybridized carbons (Fsp3) is 0.333. The van der Waals surface area contributed by atoms with Crippen molar-refractivity contribution >= 4 is 5.57 Å². The number of allylic oxidation sites excluding steroid dienone is 2. The Morgan fingerprint density at radius 1 is 1.35 bits per heavy atom. The van der Waals surface area contributed by atoms with E-state index in [0.29, 0.717) is 6.54 Å². The molecule has 0 bridgehead atoms. The number of hydrogen-bond acceptors (Lipinski definition) is 2. The zero-order valence-corrected chi connectivity index (χ0v) is 10.2. The maximum Gasteiger partial charge on any atom is 0.0884 e. The molecule has 2 heteroatoms. The SMILES string of the molecule is C=C(C)/C(=C1\CCNCC1O)c1ccccc1. The van der Waals surface area contributed by atoms with E-state index in [4.69, 9.17) is 0 Å². The van der Waals surface area contributed by atoms with Crippen LogP contribution in [0.2, 0.25) is 0 Å². The van der Waals surface area contributed by atoms with Crippen molar-refractivity contribution in [1.82, 2.24) is 5.32 Å². The van der Waals surface area contributed by atoms with Crippen molar-refractivity contribution in [3.8, 4) is 0 Å². The fourth-order valence-electron chi connectivity index (χ4n) is 2.35. The summed E-state index contributed by atoms with van der Waals surface area (Å²) in [4.78, 5) is 0. The molecule has 0 spiro atoms. The number of aliphatic hydroxyl groups excluding tert-OH is 1. The molecule has 0 aliphatic carbocycles. The molecule has 2 N–H and O–H groups in total. The summed E-state index contributed by atoms with van der Waals surface area (Å²) in [6.07, 6.45) is 0.494. The first-order valence-electron chi connectivity index (χ1n) is 6.03. The predicted octanol–water partition coefficient (Wildman–Crippen LogP) is 2.37. The molecule has 1 saturated heterocycles. The lowest BCUT2D eigenvalue weighted by Gasteiger charge is -2.26. The first-order valence-corrected chi connectivity index (χ1v) is 6.03. The normalized spacial score (nSPS) is 23.3. The van der Waals surface area contributed by atoms with Gasteiger partial charge in [0.25, 0.3) is 0 Å². The molecule has 1 fully saturated rings. The Balaban J connectivity index is 2.47. The Morgan fingerprint density at radius 2 is 2.06 bits per heavy atom. The Bertz CT molecular complexity index is 433. The van der Waals surface area contributed by atoms with Crippen molar-refractivity contribution in [3.63, 3.8) is 0 Å². The van der Waals surface area contributed by atoms with Crippen molar-refractivity contribution in [2.75, 3.05) is 13.1 Å². The van der Waals surface area contributed by atoms with Gasteiger partial charge in [-0.15, -0.1) is 0 Å². The van der Waals surface area contributed by atoms with Gasteiger partial charge in [-0.25, -0.2) is 0 Å². The minimum atomic E-state index is -0.393. The van der Waals surface area contributed by atoms with Crippen molar-refractivity contribution in [1.29, 1.82) is 0 Å². The molecule has 1 heterocycles. The average molecular weight is 229 g/mol. The molecule has 1 aromatic rings. The predicted molar refractivity (Wildman–Crippen MR) is 71.7 cm³/mol. The molecule has 1 aliphatic rings. The number of β-amino-alcohol motifs (C(OH)–C–C–N with tert-alkyl or cyclic N) is 1. The maximum atomic E-state index is 10.1. The van der Waals surface area contributed by atoms with E-state index in [1.165, 1.54) is 0 Å². The fourth-order valence-corrected chi connectivity index (χ4v) is 2.35. The summed E-state index contributed by atoms with van der Waals surface area (Å²) < 4.78 is 0. The Hall–Kier alpha value is -1.38. The first kappa shape index (κ1) is 12.1. The highest BCUT2D eigenvalue weighted by molar-refractivity contribution is 5.81. The zero-order chi connectivity index (χ0) is 12.3. The summed E-state index contributed by atoms with van der Waals surface area (Å²) in [5, 5.41) is 13.3.